The zero-order valence-electron chi connectivity index (χ0n) is 14.6. The molecule has 0 aliphatic rings. The Morgan fingerprint density at radius 2 is 1.12 bits per heavy atom. The molecule has 0 bridgehead atoms. The monoisotopic (exact) mass is 325 g/mol. The Morgan fingerprint density at radius 1 is 0.680 bits per heavy atom. The molecule has 3 aromatic rings. The molecule has 3 rings (SSSR count). The van der Waals surface area contributed by atoms with Crippen LogP contribution < -0.4 is 0 Å². The number of benzene rings is 3. The average molecular weight is 325 g/mol. The van der Waals surface area contributed by atoms with E-state index in [9.17, 15) is 0 Å². The Bertz CT molecular complexity index is 772. The van der Waals surface area contributed by atoms with Crippen molar-refractivity contribution >= 4 is 0 Å². The molecule has 0 fully saturated rings. The standard InChI is InChI=1S/C24H23N/c1-2-12-24(23-17-10-5-11-18-23)25(19-21-13-6-3-7-14-21)20-22-15-8-4-9-16-22/h3-11,13-18,24H,19-20H2,1H3/t24-/m0/s1. The van der Waals surface area contributed by atoms with Crippen molar-refractivity contribution in [1.29, 1.82) is 0 Å². The molecular weight excluding hydrogens is 302 g/mol. The van der Waals surface area contributed by atoms with Crippen molar-refractivity contribution < 1.29 is 0 Å². The molecule has 1 atom stereocenters. The summed E-state index contributed by atoms with van der Waals surface area (Å²) in [5.41, 5.74) is 3.85. The summed E-state index contributed by atoms with van der Waals surface area (Å²) in [5, 5.41) is 0. The average Bonchev–Trinajstić information content (AvgIpc) is 2.68. The summed E-state index contributed by atoms with van der Waals surface area (Å²) in [7, 11) is 0. The highest BCUT2D eigenvalue weighted by Gasteiger charge is 2.19. The molecule has 25 heavy (non-hydrogen) atoms. The summed E-state index contributed by atoms with van der Waals surface area (Å²) in [4.78, 5) is 2.44. The van der Waals surface area contributed by atoms with Crippen LogP contribution in [0.4, 0.5) is 0 Å². The Kier molecular flexibility index (Phi) is 6.04. The largest absolute Gasteiger partial charge is 0.277 e. The first kappa shape index (κ1) is 17.0. The molecule has 0 heterocycles. The molecule has 1 heteroatoms. The van der Waals surface area contributed by atoms with E-state index >= 15 is 0 Å². The van der Waals surface area contributed by atoms with Crippen LogP contribution in [0.25, 0.3) is 0 Å². The Morgan fingerprint density at radius 3 is 1.56 bits per heavy atom. The number of nitrogens with zero attached hydrogens (tertiary/aromatic N) is 1. The van der Waals surface area contributed by atoms with E-state index in [1.165, 1.54) is 16.7 Å². The van der Waals surface area contributed by atoms with Crippen molar-refractivity contribution in [3.05, 3.63) is 108 Å². The molecule has 0 N–H and O–H groups in total. The van der Waals surface area contributed by atoms with Crippen molar-refractivity contribution in [3.63, 3.8) is 0 Å². The van der Waals surface area contributed by atoms with Crippen LogP contribution >= 0.6 is 0 Å². The highest BCUT2D eigenvalue weighted by Crippen LogP contribution is 2.24. The van der Waals surface area contributed by atoms with Crippen molar-refractivity contribution in [2.75, 3.05) is 0 Å². The highest BCUT2D eigenvalue weighted by molar-refractivity contribution is 5.28. The Labute approximate surface area is 150 Å². The van der Waals surface area contributed by atoms with Gasteiger partial charge in [-0.3, -0.25) is 4.90 Å². The van der Waals surface area contributed by atoms with Gasteiger partial charge in [-0.1, -0.05) is 96.9 Å². The van der Waals surface area contributed by atoms with Crippen LogP contribution in [0, 0.1) is 11.8 Å². The van der Waals surface area contributed by atoms with Gasteiger partial charge in [0.2, 0.25) is 0 Å². The summed E-state index contributed by atoms with van der Waals surface area (Å²) in [6.07, 6.45) is 0. The van der Waals surface area contributed by atoms with Gasteiger partial charge < -0.3 is 0 Å². The van der Waals surface area contributed by atoms with Gasteiger partial charge in [-0.15, -0.1) is 5.92 Å². The SMILES string of the molecule is CC#C[C@@H](c1ccccc1)N(Cc1ccccc1)Cc1ccccc1. The van der Waals surface area contributed by atoms with Gasteiger partial charge in [0.25, 0.3) is 0 Å². The first-order valence-electron chi connectivity index (χ1n) is 8.66. The van der Waals surface area contributed by atoms with Gasteiger partial charge in [0.05, 0.1) is 6.04 Å². The number of hydrogen-bond donors (Lipinski definition) is 0. The van der Waals surface area contributed by atoms with E-state index in [0.29, 0.717) is 0 Å². The second-order valence-corrected chi connectivity index (χ2v) is 6.08. The lowest BCUT2D eigenvalue weighted by molar-refractivity contribution is 0.219. The van der Waals surface area contributed by atoms with E-state index < -0.39 is 0 Å². The second-order valence-electron chi connectivity index (χ2n) is 6.08. The van der Waals surface area contributed by atoms with Crippen LogP contribution in [0.3, 0.4) is 0 Å². The van der Waals surface area contributed by atoms with Gasteiger partial charge in [-0.2, -0.15) is 0 Å². The van der Waals surface area contributed by atoms with Crippen LogP contribution in [0.2, 0.25) is 0 Å². The van der Waals surface area contributed by atoms with E-state index in [-0.39, 0.29) is 6.04 Å². The summed E-state index contributed by atoms with van der Waals surface area (Å²) in [5.74, 6) is 6.54. The molecule has 1 nitrogen and oxygen atoms in total. The third-order valence-corrected chi connectivity index (χ3v) is 4.22. The van der Waals surface area contributed by atoms with E-state index in [1.807, 2.05) is 6.92 Å². The number of rotatable bonds is 6. The van der Waals surface area contributed by atoms with E-state index in [1.54, 1.807) is 0 Å². The molecule has 124 valence electrons. The lowest BCUT2D eigenvalue weighted by atomic mass is 10.0. The maximum atomic E-state index is 3.42. The third kappa shape index (κ3) is 4.83. The lowest BCUT2D eigenvalue weighted by Crippen LogP contribution is -2.27. The summed E-state index contributed by atoms with van der Waals surface area (Å²) in [6, 6.07) is 31.9. The molecule has 0 unspecified atom stereocenters. The van der Waals surface area contributed by atoms with Gasteiger partial charge in [-0.25, -0.2) is 0 Å². The molecule has 0 aliphatic heterocycles. The lowest BCUT2D eigenvalue weighted by Gasteiger charge is -2.29. The smallest absolute Gasteiger partial charge is 0.0976 e. The first-order chi connectivity index (χ1) is 12.4. The Balaban J connectivity index is 1.93. The van der Waals surface area contributed by atoms with Crippen LogP contribution in [0.15, 0.2) is 91.0 Å². The molecule has 0 saturated heterocycles. The van der Waals surface area contributed by atoms with Crippen LogP contribution in [0.5, 0.6) is 0 Å². The highest BCUT2D eigenvalue weighted by atomic mass is 15.1. The van der Waals surface area contributed by atoms with Gasteiger partial charge >= 0.3 is 0 Å². The minimum Gasteiger partial charge on any atom is -0.277 e. The first-order valence-corrected chi connectivity index (χ1v) is 8.66. The fourth-order valence-corrected chi connectivity index (χ4v) is 3.03. The molecule has 3 aromatic carbocycles. The van der Waals surface area contributed by atoms with Gasteiger partial charge in [-0.05, 0) is 23.6 Å². The molecule has 0 amide bonds. The van der Waals surface area contributed by atoms with Crippen molar-refractivity contribution in [3.8, 4) is 11.8 Å². The quantitative estimate of drug-likeness (QED) is 0.544. The molecular formula is C24H23N. The maximum absolute atomic E-state index is 3.42. The molecule has 0 saturated carbocycles. The zero-order chi connectivity index (χ0) is 17.3. The van der Waals surface area contributed by atoms with Gasteiger partial charge in [0.1, 0.15) is 0 Å². The van der Waals surface area contributed by atoms with Crippen LogP contribution in [-0.4, -0.2) is 4.90 Å². The second kappa shape index (κ2) is 8.87. The minimum absolute atomic E-state index is 0.0756. The summed E-state index contributed by atoms with van der Waals surface area (Å²) in [6.45, 7) is 3.65. The Hall–Kier alpha value is -2.82. The summed E-state index contributed by atoms with van der Waals surface area (Å²) < 4.78 is 0. The van der Waals surface area contributed by atoms with E-state index in [4.69, 9.17) is 0 Å². The van der Waals surface area contributed by atoms with Crippen LogP contribution in [0.1, 0.15) is 29.7 Å². The predicted octanol–water partition coefficient (Wildman–Crippen LogP) is 5.45. The fourth-order valence-electron chi connectivity index (χ4n) is 3.03. The molecule has 0 radical (unpaired) electrons. The third-order valence-electron chi connectivity index (χ3n) is 4.22. The van der Waals surface area contributed by atoms with Gasteiger partial charge in [0.15, 0.2) is 0 Å². The topological polar surface area (TPSA) is 3.24 Å². The number of hydrogen-bond acceptors (Lipinski definition) is 1. The molecule has 0 spiro atoms. The minimum atomic E-state index is 0.0756. The van der Waals surface area contributed by atoms with Crippen molar-refractivity contribution in [1.82, 2.24) is 4.90 Å². The van der Waals surface area contributed by atoms with Gasteiger partial charge in [0, 0.05) is 13.1 Å². The normalized spacial score (nSPS) is 11.6. The fraction of sp³-hybridized carbons (Fsp3) is 0.167. The molecule has 0 aliphatic carbocycles. The maximum Gasteiger partial charge on any atom is 0.0976 e. The predicted molar refractivity (Wildman–Crippen MR) is 105 cm³/mol. The van der Waals surface area contributed by atoms with Crippen LogP contribution in [-0.2, 0) is 13.1 Å². The summed E-state index contributed by atoms with van der Waals surface area (Å²) >= 11 is 0. The van der Waals surface area contributed by atoms with E-state index in [2.05, 4.69) is 108 Å². The van der Waals surface area contributed by atoms with E-state index in [0.717, 1.165) is 13.1 Å². The zero-order valence-corrected chi connectivity index (χ0v) is 14.6. The van der Waals surface area contributed by atoms with Crippen molar-refractivity contribution in [2.24, 2.45) is 0 Å². The molecule has 0 aromatic heterocycles. The van der Waals surface area contributed by atoms with Crippen molar-refractivity contribution in [2.45, 2.75) is 26.1 Å².